The molecule has 0 heterocycles. The van der Waals surface area contributed by atoms with Crippen LogP contribution in [-0.2, 0) is 6.42 Å². The van der Waals surface area contributed by atoms with Crippen LogP contribution in [0.3, 0.4) is 0 Å². The number of hydrogen-bond acceptors (Lipinski definition) is 1. The van der Waals surface area contributed by atoms with Gasteiger partial charge < -0.3 is 5.32 Å². The fourth-order valence-electron chi connectivity index (χ4n) is 2.57. The van der Waals surface area contributed by atoms with Crippen molar-refractivity contribution < 1.29 is 0 Å². The largest absolute Gasteiger partial charge is 0.316 e. The molecule has 0 aliphatic heterocycles. The van der Waals surface area contributed by atoms with E-state index in [1.807, 2.05) is 0 Å². The zero-order chi connectivity index (χ0) is 14.8. The van der Waals surface area contributed by atoms with Crippen LogP contribution in [-0.4, -0.2) is 13.1 Å². The number of hydrogen-bond donors (Lipinski definition) is 1. The molecule has 0 aliphatic rings. The molecule has 0 spiro atoms. The normalized spacial score (nSPS) is 12.8. The standard InChI is InChI=1S/C18H30BrN/c1-4-11-20-14-17(9-5-7-15(2)3)12-16-8-6-10-18(19)13-16/h6,8,10,13,15,17,20H,4-5,7,9,11-12,14H2,1-3H3. The average molecular weight is 340 g/mol. The maximum Gasteiger partial charge on any atom is 0.0177 e. The van der Waals surface area contributed by atoms with Gasteiger partial charge in [-0.1, -0.05) is 61.7 Å². The minimum atomic E-state index is 0.759. The summed E-state index contributed by atoms with van der Waals surface area (Å²) < 4.78 is 1.19. The number of benzene rings is 1. The first-order valence-corrected chi connectivity index (χ1v) is 8.86. The van der Waals surface area contributed by atoms with E-state index in [2.05, 4.69) is 66.3 Å². The Bertz CT molecular complexity index is 362. The molecule has 114 valence electrons. The summed E-state index contributed by atoms with van der Waals surface area (Å²) in [4.78, 5) is 0. The van der Waals surface area contributed by atoms with Crippen LogP contribution in [0.25, 0.3) is 0 Å². The SMILES string of the molecule is CCCNCC(CCCC(C)C)Cc1cccc(Br)c1. The molecule has 0 saturated carbocycles. The van der Waals surface area contributed by atoms with Gasteiger partial charge in [0, 0.05) is 4.47 Å². The van der Waals surface area contributed by atoms with Gasteiger partial charge in [0.2, 0.25) is 0 Å². The molecule has 0 saturated heterocycles. The Morgan fingerprint density at radius 1 is 1.20 bits per heavy atom. The Morgan fingerprint density at radius 2 is 2.00 bits per heavy atom. The van der Waals surface area contributed by atoms with Crippen molar-refractivity contribution in [2.45, 2.75) is 52.9 Å². The Balaban J connectivity index is 2.47. The van der Waals surface area contributed by atoms with Gasteiger partial charge in [-0.05, 0) is 61.9 Å². The second-order valence-corrected chi connectivity index (χ2v) is 7.14. The number of halogens is 1. The van der Waals surface area contributed by atoms with Crippen LogP contribution < -0.4 is 5.32 Å². The second kappa shape index (κ2) is 10.4. The molecule has 1 N–H and O–H groups in total. The van der Waals surface area contributed by atoms with Crippen molar-refractivity contribution >= 4 is 15.9 Å². The highest BCUT2D eigenvalue weighted by molar-refractivity contribution is 9.10. The van der Waals surface area contributed by atoms with Crippen LogP contribution >= 0.6 is 15.9 Å². The zero-order valence-electron chi connectivity index (χ0n) is 13.3. The van der Waals surface area contributed by atoms with E-state index < -0.39 is 0 Å². The summed E-state index contributed by atoms with van der Waals surface area (Å²) in [5, 5.41) is 3.60. The lowest BCUT2D eigenvalue weighted by molar-refractivity contribution is 0.407. The van der Waals surface area contributed by atoms with E-state index >= 15 is 0 Å². The lowest BCUT2D eigenvalue weighted by Crippen LogP contribution is -2.25. The summed E-state index contributed by atoms with van der Waals surface area (Å²) in [6.45, 7) is 9.16. The van der Waals surface area contributed by atoms with Crippen LogP contribution in [0.2, 0.25) is 0 Å². The summed E-state index contributed by atoms with van der Waals surface area (Å²) in [5.41, 5.74) is 1.45. The molecule has 2 heteroatoms. The van der Waals surface area contributed by atoms with Crippen LogP contribution in [0, 0.1) is 11.8 Å². The average Bonchev–Trinajstić information content (AvgIpc) is 2.38. The topological polar surface area (TPSA) is 12.0 Å². The third-order valence-corrected chi connectivity index (χ3v) is 4.16. The molecular weight excluding hydrogens is 310 g/mol. The zero-order valence-corrected chi connectivity index (χ0v) is 14.9. The van der Waals surface area contributed by atoms with E-state index in [1.54, 1.807) is 0 Å². The Kier molecular flexibility index (Phi) is 9.21. The van der Waals surface area contributed by atoms with Crippen LogP contribution in [0.1, 0.15) is 52.0 Å². The van der Waals surface area contributed by atoms with Gasteiger partial charge in [-0.25, -0.2) is 0 Å². The number of rotatable bonds is 10. The van der Waals surface area contributed by atoms with Crippen molar-refractivity contribution in [2.75, 3.05) is 13.1 Å². The van der Waals surface area contributed by atoms with E-state index in [4.69, 9.17) is 0 Å². The fourth-order valence-corrected chi connectivity index (χ4v) is 3.02. The van der Waals surface area contributed by atoms with E-state index in [1.165, 1.54) is 42.1 Å². The molecule has 0 aliphatic carbocycles. The van der Waals surface area contributed by atoms with E-state index in [9.17, 15) is 0 Å². The molecule has 20 heavy (non-hydrogen) atoms. The maximum atomic E-state index is 3.60. The summed E-state index contributed by atoms with van der Waals surface area (Å²) >= 11 is 3.57. The molecule has 1 aromatic carbocycles. The molecule has 1 atom stereocenters. The highest BCUT2D eigenvalue weighted by Gasteiger charge is 2.10. The lowest BCUT2D eigenvalue weighted by Gasteiger charge is -2.18. The van der Waals surface area contributed by atoms with Crippen molar-refractivity contribution in [3.05, 3.63) is 34.3 Å². The number of nitrogens with one attached hydrogen (secondary N) is 1. The third kappa shape index (κ3) is 8.06. The quantitative estimate of drug-likeness (QED) is 0.560. The lowest BCUT2D eigenvalue weighted by atomic mass is 9.92. The smallest absolute Gasteiger partial charge is 0.0177 e. The molecule has 0 aromatic heterocycles. The van der Waals surface area contributed by atoms with Crippen molar-refractivity contribution in [1.82, 2.24) is 5.32 Å². The van der Waals surface area contributed by atoms with Crippen molar-refractivity contribution in [3.63, 3.8) is 0 Å². The fraction of sp³-hybridized carbons (Fsp3) is 0.667. The summed E-state index contributed by atoms with van der Waals surface area (Å²) in [7, 11) is 0. The minimum Gasteiger partial charge on any atom is -0.316 e. The molecular formula is C18H30BrN. The maximum absolute atomic E-state index is 3.60. The molecule has 0 radical (unpaired) electrons. The Hall–Kier alpha value is -0.340. The van der Waals surface area contributed by atoms with Gasteiger partial charge in [0.1, 0.15) is 0 Å². The predicted octanol–water partition coefficient (Wildman–Crippen LogP) is 5.43. The van der Waals surface area contributed by atoms with Gasteiger partial charge in [0.15, 0.2) is 0 Å². The van der Waals surface area contributed by atoms with E-state index in [-0.39, 0.29) is 0 Å². The minimum absolute atomic E-state index is 0.759. The summed E-state index contributed by atoms with van der Waals surface area (Å²) in [6, 6.07) is 8.76. The first kappa shape index (κ1) is 17.7. The highest BCUT2D eigenvalue weighted by Crippen LogP contribution is 2.19. The Morgan fingerprint density at radius 3 is 2.65 bits per heavy atom. The summed E-state index contributed by atoms with van der Waals surface area (Å²) in [5.74, 6) is 1.58. The predicted molar refractivity (Wildman–Crippen MR) is 93.2 cm³/mol. The molecule has 0 amide bonds. The van der Waals surface area contributed by atoms with Crippen LogP contribution in [0.5, 0.6) is 0 Å². The first-order valence-electron chi connectivity index (χ1n) is 8.07. The van der Waals surface area contributed by atoms with Crippen molar-refractivity contribution in [2.24, 2.45) is 11.8 Å². The van der Waals surface area contributed by atoms with Gasteiger partial charge in [-0.15, -0.1) is 0 Å². The molecule has 0 bridgehead atoms. The first-order chi connectivity index (χ1) is 9.61. The van der Waals surface area contributed by atoms with Crippen LogP contribution in [0.15, 0.2) is 28.7 Å². The molecule has 0 fully saturated rings. The molecule has 1 unspecified atom stereocenters. The van der Waals surface area contributed by atoms with Gasteiger partial charge in [-0.3, -0.25) is 0 Å². The summed E-state index contributed by atoms with van der Waals surface area (Å²) in [6.07, 6.45) is 6.44. The monoisotopic (exact) mass is 339 g/mol. The van der Waals surface area contributed by atoms with Gasteiger partial charge in [-0.2, -0.15) is 0 Å². The van der Waals surface area contributed by atoms with Gasteiger partial charge in [0.25, 0.3) is 0 Å². The highest BCUT2D eigenvalue weighted by atomic mass is 79.9. The molecule has 1 rings (SSSR count). The van der Waals surface area contributed by atoms with Crippen molar-refractivity contribution in [1.29, 1.82) is 0 Å². The third-order valence-electron chi connectivity index (χ3n) is 3.67. The van der Waals surface area contributed by atoms with Gasteiger partial charge >= 0.3 is 0 Å². The van der Waals surface area contributed by atoms with E-state index in [0.29, 0.717) is 0 Å². The van der Waals surface area contributed by atoms with Crippen LogP contribution in [0.4, 0.5) is 0 Å². The second-order valence-electron chi connectivity index (χ2n) is 6.23. The molecule has 1 aromatic rings. The molecule has 1 nitrogen and oxygen atoms in total. The van der Waals surface area contributed by atoms with Crippen molar-refractivity contribution in [3.8, 4) is 0 Å². The van der Waals surface area contributed by atoms with Gasteiger partial charge in [0.05, 0.1) is 0 Å². The Labute approximate surface area is 133 Å². The van der Waals surface area contributed by atoms with E-state index in [0.717, 1.165) is 24.9 Å².